The van der Waals surface area contributed by atoms with Crippen LogP contribution in [0.2, 0.25) is 0 Å². The summed E-state index contributed by atoms with van der Waals surface area (Å²) in [6.07, 6.45) is 7.52. The Morgan fingerprint density at radius 3 is 2.08 bits per heavy atom. The monoisotopic (exact) mass is 332 g/mol. The Kier molecular flexibility index (Phi) is 5.27. The zero-order valence-electron chi connectivity index (χ0n) is 14.0. The van der Waals surface area contributed by atoms with E-state index in [2.05, 4.69) is 6.92 Å². The van der Waals surface area contributed by atoms with Crippen LogP contribution in [0.1, 0.15) is 56.9 Å². The molecule has 3 rings (SSSR count). The van der Waals surface area contributed by atoms with Crippen LogP contribution in [0.4, 0.5) is 13.2 Å². The number of halogens is 3. The van der Waals surface area contributed by atoms with Crippen molar-refractivity contribution in [2.75, 3.05) is 0 Å². The summed E-state index contributed by atoms with van der Waals surface area (Å²) in [5.74, 6) is -1.49. The van der Waals surface area contributed by atoms with Gasteiger partial charge in [0.1, 0.15) is 5.82 Å². The maximum Gasteiger partial charge on any atom is 0.161 e. The second-order valence-electron chi connectivity index (χ2n) is 6.87. The fourth-order valence-corrected chi connectivity index (χ4v) is 3.87. The van der Waals surface area contributed by atoms with Gasteiger partial charge >= 0.3 is 0 Å². The van der Waals surface area contributed by atoms with Gasteiger partial charge in [0, 0.05) is 11.6 Å². The van der Waals surface area contributed by atoms with Gasteiger partial charge in [-0.15, -0.1) is 0 Å². The molecule has 0 amide bonds. The van der Waals surface area contributed by atoms with Gasteiger partial charge in [0.05, 0.1) is 0 Å². The molecule has 0 bridgehead atoms. The molecule has 0 heterocycles. The predicted molar refractivity (Wildman–Crippen MR) is 91.4 cm³/mol. The molecule has 24 heavy (non-hydrogen) atoms. The van der Waals surface area contributed by atoms with Crippen LogP contribution in [-0.4, -0.2) is 0 Å². The first kappa shape index (κ1) is 17.1. The Morgan fingerprint density at radius 1 is 0.833 bits per heavy atom. The highest BCUT2D eigenvalue weighted by Crippen LogP contribution is 2.38. The standard InChI is InChI=1S/C21H23F3/c1-2-3-14-4-6-15(7-5-14)16-8-10-17(11-9-16)18-12-20(23)21(24)13-19(18)22/h8-15H,2-7H2,1H3. The molecule has 1 aliphatic rings. The van der Waals surface area contributed by atoms with Gasteiger partial charge in [-0.3, -0.25) is 0 Å². The molecule has 128 valence electrons. The second-order valence-corrected chi connectivity index (χ2v) is 6.87. The molecular weight excluding hydrogens is 309 g/mol. The van der Waals surface area contributed by atoms with E-state index in [0.717, 1.165) is 12.0 Å². The number of hydrogen-bond donors (Lipinski definition) is 0. The molecule has 0 unspecified atom stereocenters. The molecular formula is C21H23F3. The van der Waals surface area contributed by atoms with E-state index in [4.69, 9.17) is 0 Å². The van der Waals surface area contributed by atoms with Crippen LogP contribution >= 0.6 is 0 Å². The molecule has 0 spiro atoms. The van der Waals surface area contributed by atoms with Gasteiger partial charge in [0.25, 0.3) is 0 Å². The van der Waals surface area contributed by atoms with Crippen molar-refractivity contribution in [3.05, 3.63) is 59.4 Å². The van der Waals surface area contributed by atoms with Crippen LogP contribution in [0.3, 0.4) is 0 Å². The highest BCUT2D eigenvalue weighted by atomic mass is 19.2. The minimum absolute atomic E-state index is 0.104. The Labute approximate surface area is 141 Å². The van der Waals surface area contributed by atoms with Crippen LogP contribution in [-0.2, 0) is 0 Å². The Balaban J connectivity index is 1.74. The molecule has 2 aromatic carbocycles. The molecule has 0 aromatic heterocycles. The van der Waals surface area contributed by atoms with Gasteiger partial charge < -0.3 is 0 Å². The zero-order chi connectivity index (χ0) is 17.1. The fraction of sp³-hybridized carbons (Fsp3) is 0.429. The lowest BCUT2D eigenvalue weighted by Gasteiger charge is -2.28. The summed E-state index contributed by atoms with van der Waals surface area (Å²) < 4.78 is 40.3. The van der Waals surface area contributed by atoms with E-state index in [0.29, 0.717) is 17.5 Å². The van der Waals surface area contributed by atoms with Crippen LogP contribution in [0.25, 0.3) is 11.1 Å². The van der Waals surface area contributed by atoms with Crippen molar-refractivity contribution < 1.29 is 13.2 Å². The van der Waals surface area contributed by atoms with E-state index in [9.17, 15) is 13.2 Å². The molecule has 2 aromatic rings. The number of rotatable bonds is 4. The highest BCUT2D eigenvalue weighted by Gasteiger charge is 2.22. The highest BCUT2D eigenvalue weighted by molar-refractivity contribution is 5.64. The largest absolute Gasteiger partial charge is 0.206 e. The number of benzene rings is 2. The summed E-state index contributed by atoms with van der Waals surface area (Å²) in [6.45, 7) is 2.24. The normalized spacial score (nSPS) is 21.0. The summed E-state index contributed by atoms with van der Waals surface area (Å²) in [5.41, 5.74) is 1.94. The quantitative estimate of drug-likeness (QED) is 0.537. The van der Waals surface area contributed by atoms with Gasteiger partial charge in [-0.2, -0.15) is 0 Å². The van der Waals surface area contributed by atoms with Crippen LogP contribution < -0.4 is 0 Å². The molecule has 1 aliphatic carbocycles. The van der Waals surface area contributed by atoms with E-state index in [1.807, 2.05) is 24.3 Å². The van der Waals surface area contributed by atoms with Crippen molar-refractivity contribution in [1.29, 1.82) is 0 Å². The molecule has 0 aliphatic heterocycles. The SMILES string of the molecule is CCCC1CCC(c2ccc(-c3cc(F)c(F)cc3F)cc2)CC1. The Hall–Kier alpha value is -1.77. The lowest BCUT2D eigenvalue weighted by Crippen LogP contribution is -2.13. The Bertz CT molecular complexity index is 683. The first-order valence-electron chi connectivity index (χ1n) is 8.83. The first-order valence-corrected chi connectivity index (χ1v) is 8.83. The molecule has 1 saturated carbocycles. The van der Waals surface area contributed by atoms with E-state index < -0.39 is 17.5 Å². The summed E-state index contributed by atoms with van der Waals surface area (Å²) >= 11 is 0. The van der Waals surface area contributed by atoms with Crippen molar-refractivity contribution >= 4 is 0 Å². The van der Waals surface area contributed by atoms with Gasteiger partial charge in [0.15, 0.2) is 11.6 Å². The second kappa shape index (κ2) is 7.42. The average molecular weight is 332 g/mol. The lowest BCUT2D eigenvalue weighted by molar-refractivity contribution is 0.308. The smallest absolute Gasteiger partial charge is 0.161 e. The molecule has 0 atom stereocenters. The van der Waals surface area contributed by atoms with Crippen LogP contribution in [0, 0.1) is 23.4 Å². The third-order valence-corrected chi connectivity index (χ3v) is 5.25. The maximum absolute atomic E-state index is 13.9. The Morgan fingerprint density at radius 2 is 1.46 bits per heavy atom. The summed E-state index contributed by atoms with van der Waals surface area (Å²) in [6, 6.07) is 9.15. The topological polar surface area (TPSA) is 0 Å². The molecule has 0 nitrogen and oxygen atoms in total. The van der Waals surface area contributed by atoms with Crippen molar-refractivity contribution in [2.24, 2.45) is 5.92 Å². The minimum Gasteiger partial charge on any atom is -0.206 e. The van der Waals surface area contributed by atoms with Crippen LogP contribution in [0.15, 0.2) is 36.4 Å². The van der Waals surface area contributed by atoms with Crippen molar-refractivity contribution in [2.45, 2.75) is 51.4 Å². The lowest BCUT2D eigenvalue weighted by atomic mass is 9.77. The maximum atomic E-state index is 13.9. The molecule has 1 fully saturated rings. The fourth-order valence-electron chi connectivity index (χ4n) is 3.87. The van der Waals surface area contributed by atoms with Gasteiger partial charge in [0.2, 0.25) is 0 Å². The van der Waals surface area contributed by atoms with E-state index in [-0.39, 0.29) is 5.56 Å². The van der Waals surface area contributed by atoms with E-state index >= 15 is 0 Å². The predicted octanol–water partition coefficient (Wildman–Crippen LogP) is 6.84. The van der Waals surface area contributed by atoms with Crippen molar-refractivity contribution in [1.82, 2.24) is 0 Å². The number of hydrogen-bond acceptors (Lipinski definition) is 0. The zero-order valence-corrected chi connectivity index (χ0v) is 14.0. The van der Waals surface area contributed by atoms with Crippen LogP contribution in [0.5, 0.6) is 0 Å². The molecule has 3 heteroatoms. The van der Waals surface area contributed by atoms with Gasteiger partial charge in [-0.05, 0) is 54.7 Å². The summed E-state index contributed by atoms with van der Waals surface area (Å²) in [7, 11) is 0. The summed E-state index contributed by atoms with van der Waals surface area (Å²) in [5, 5.41) is 0. The first-order chi connectivity index (χ1) is 11.6. The summed E-state index contributed by atoms with van der Waals surface area (Å²) in [4.78, 5) is 0. The molecule has 0 N–H and O–H groups in total. The third-order valence-electron chi connectivity index (χ3n) is 5.25. The van der Waals surface area contributed by atoms with E-state index in [1.54, 1.807) is 0 Å². The van der Waals surface area contributed by atoms with Gasteiger partial charge in [-0.25, -0.2) is 13.2 Å². The van der Waals surface area contributed by atoms with Crippen molar-refractivity contribution in [3.8, 4) is 11.1 Å². The average Bonchev–Trinajstić information content (AvgIpc) is 2.59. The molecule has 0 radical (unpaired) electrons. The minimum atomic E-state index is -1.16. The third kappa shape index (κ3) is 3.66. The molecule has 0 saturated heterocycles. The van der Waals surface area contributed by atoms with E-state index in [1.165, 1.54) is 44.1 Å². The van der Waals surface area contributed by atoms with Crippen molar-refractivity contribution in [3.63, 3.8) is 0 Å². The van der Waals surface area contributed by atoms with Gasteiger partial charge in [-0.1, -0.05) is 44.0 Å².